The summed E-state index contributed by atoms with van der Waals surface area (Å²) in [6.07, 6.45) is 2.71. The number of thiophene rings is 1. The Morgan fingerprint density at radius 3 is 2.60 bits per heavy atom. The van der Waals surface area contributed by atoms with Gasteiger partial charge >= 0.3 is 6.09 Å². The fourth-order valence-corrected chi connectivity index (χ4v) is 3.97. The van der Waals surface area contributed by atoms with Crippen molar-refractivity contribution in [3.63, 3.8) is 0 Å². The molecule has 1 aromatic heterocycles. The van der Waals surface area contributed by atoms with Crippen molar-refractivity contribution in [1.29, 1.82) is 0 Å². The summed E-state index contributed by atoms with van der Waals surface area (Å²) in [5, 5.41) is 10.4. The number of rotatable bonds is 6. The standard InChI is InChI=1S/C21H37N5O2S.HI/c1-16(25(6)20(27)28-21(2,3)4)9-12-23-19(22-5)24-17-10-13-26(14-11-17)18-8-7-15-29-18;/h7-8,15-17H,9-14H2,1-6H3,(H2,22,23,24);1H. The number of piperidine rings is 1. The van der Waals surface area contributed by atoms with Gasteiger partial charge < -0.3 is 25.2 Å². The zero-order chi connectivity index (χ0) is 21.4. The molecule has 2 rings (SSSR count). The number of carbonyl (C=O) groups excluding carboxylic acids is 1. The minimum atomic E-state index is -0.478. The van der Waals surface area contributed by atoms with E-state index in [0.29, 0.717) is 6.04 Å². The molecular formula is C21H38IN5O2S. The van der Waals surface area contributed by atoms with E-state index >= 15 is 0 Å². The molecule has 1 unspecified atom stereocenters. The molecule has 1 aromatic rings. The van der Waals surface area contributed by atoms with E-state index in [1.165, 1.54) is 5.00 Å². The van der Waals surface area contributed by atoms with E-state index in [9.17, 15) is 4.79 Å². The van der Waals surface area contributed by atoms with Gasteiger partial charge in [-0.25, -0.2) is 4.79 Å². The number of hydrogen-bond donors (Lipinski definition) is 2. The van der Waals surface area contributed by atoms with E-state index in [4.69, 9.17) is 4.74 Å². The Hall–Kier alpha value is -1.23. The van der Waals surface area contributed by atoms with E-state index in [2.05, 4.69) is 38.0 Å². The molecule has 30 heavy (non-hydrogen) atoms. The first-order valence-electron chi connectivity index (χ1n) is 10.4. The summed E-state index contributed by atoms with van der Waals surface area (Å²) in [6, 6.07) is 4.80. The van der Waals surface area contributed by atoms with E-state index in [1.54, 1.807) is 30.3 Å². The van der Waals surface area contributed by atoms with Crippen LogP contribution in [0.25, 0.3) is 0 Å². The average Bonchev–Trinajstić information content (AvgIpc) is 3.20. The lowest BCUT2D eigenvalue weighted by molar-refractivity contribution is 0.0230. The quantitative estimate of drug-likeness (QED) is 0.316. The molecule has 172 valence electrons. The number of hydrogen-bond acceptors (Lipinski definition) is 5. The molecule has 1 aliphatic rings. The first kappa shape index (κ1) is 26.8. The molecule has 0 radical (unpaired) electrons. The fraction of sp³-hybridized carbons (Fsp3) is 0.714. The van der Waals surface area contributed by atoms with Crippen LogP contribution in [0, 0.1) is 0 Å². The lowest BCUT2D eigenvalue weighted by Crippen LogP contribution is -2.49. The van der Waals surface area contributed by atoms with Gasteiger partial charge in [0.2, 0.25) is 0 Å². The Bertz CT molecular complexity index is 655. The van der Waals surface area contributed by atoms with Gasteiger partial charge in [0.15, 0.2) is 5.96 Å². The number of carbonyl (C=O) groups is 1. The normalized spacial score (nSPS) is 16.5. The van der Waals surface area contributed by atoms with Crippen LogP contribution in [-0.4, -0.2) is 68.4 Å². The van der Waals surface area contributed by atoms with Crippen LogP contribution in [0.4, 0.5) is 9.80 Å². The maximum Gasteiger partial charge on any atom is 0.410 e. The molecule has 9 heteroatoms. The molecule has 1 aliphatic heterocycles. The molecular weight excluding hydrogens is 513 g/mol. The number of halogens is 1. The number of guanidine groups is 1. The van der Waals surface area contributed by atoms with Crippen molar-refractivity contribution >= 4 is 52.4 Å². The van der Waals surface area contributed by atoms with Gasteiger partial charge in [0.05, 0.1) is 5.00 Å². The van der Waals surface area contributed by atoms with Gasteiger partial charge in [-0.3, -0.25) is 4.99 Å². The van der Waals surface area contributed by atoms with Crippen molar-refractivity contribution in [1.82, 2.24) is 15.5 Å². The monoisotopic (exact) mass is 551 g/mol. The molecule has 0 aromatic carbocycles. The Balaban J connectivity index is 0.00000450. The third kappa shape index (κ3) is 8.87. The van der Waals surface area contributed by atoms with Crippen LogP contribution >= 0.6 is 35.3 Å². The number of anilines is 1. The average molecular weight is 552 g/mol. The van der Waals surface area contributed by atoms with Gasteiger partial charge in [0.25, 0.3) is 0 Å². The summed E-state index contributed by atoms with van der Waals surface area (Å²) < 4.78 is 5.43. The van der Waals surface area contributed by atoms with Crippen LogP contribution in [0.5, 0.6) is 0 Å². The molecule has 2 heterocycles. The maximum atomic E-state index is 12.2. The third-order valence-electron chi connectivity index (χ3n) is 5.07. The molecule has 0 aliphatic carbocycles. The second-order valence-corrected chi connectivity index (χ2v) is 9.51. The lowest BCUT2D eigenvalue weighted by Gasteiger charge is -2.33. The van der Waals surface area contributed by atoms with Crippen LogP contribution in [0.15, 0.2) is 22.5 Å². The topological polar surface area (TPSA) is 69.2 Å². The van der Waals surface area contributed by atoms with E-state index in [0.717, 1.165) is 44.9 Å². The second-order valence-electron chi connectivity index (χ2n) is 8.58. The van der Waals surface area contributed by atoms with Crippen molar-refractivity contribution in [2.24, 2.45) is 4.99 Å². The minimum Gasteiger partial charge on any atom is -0.444 e. The highest BCUT2D eigenvalue weighted by Crippen LogP contribution is 2.24. The van der Waals surface area contributed by atoms with Crippen molar-refractivity contribution < 1.29 is 9.53 Å². The fourth-order valence-electron chi connectivity index (χ4n) is 3.19. The summed E-state index contributed by atoms with van der Waals surface area (Å²) in [6.45, 7) is 10.5. The first-order chi connectivity index (χ1) is 13.7. The minimum absolute atomic E-state index is 0. The molecule has 0 spiro atoms. The summed E-state index contributed by atoms with van der Waals surface area (Å²) in [5.74, 6) is 0.826. The molecule has 7 nitrogen and oxygen atoms in total. The predicted octanol–water partition coefficient (Wildman–Crippen LogP) is 4.15. The molecule has 1 amide bonds. The molecule has 1 atom stereocenters. The van der Waals surface area contributed by atoms with Gasteiger partial charge in [-0.2, -0.15) is 0 Å². The van der Waals surface area contributed by atoms with Crippen LogP contribution in [0.2, 0.25) is 0 Å². The van der Waals surface area contributed by atoms with E-state index in [1.807, 2.05) is 27.7 Å². The molecule has 2 N–H and O–H groups in total. The second kappa shape index (κ2) is 12.6. The van der Waals surface area contributed by atoms with Crippen molar-refractivity contribution in [2.75, 3.05) is 38.6 Å². The summed E-state index contributed by atoms with van der Waals surface area (Å²) in [7, 11) is 3.58. The lowest BCUT2D eigenvalue weighted by atomic mass is 10.1. The Labute approximate surface area is 202 Å². The van der Waals surface area contributed by atoms with Crippen LogP contribution in [0.1, 0.15) is 47.0 Å². The zero-order valence-corrected chi connectivity index (χ0v) is 22.3. The Kier molecular flexibility index (Phi) is 11.2. The van der Waals surface area contributed by atoms with Gasteiger partial charge in [0, 0.05) is 45.8 Å². The summed E-state index contributed by atoms with van der Waals surface area (Å²) in [4.78, 5) is 20.6. The van der Waals surface area contributed by atoms with Gasteiger partial charge in [-0.1, -0.05) is 0 Å². The largest absolute Gasteiger partial charge is 0.444 e. The third-order valence-corrected chi connectivity index (χ3v) is 6.00. The SMILES string of the molecule is CN=C(NCCC(C)N(C)C(=O)OC(C)(C)C)NC1CCN(c2cccs2)CC1.I. The highest BCUT2D eigenvalue weighted by atomic mass is 127. The van der Waals surface area contributed by atoms with Gasteiger partial charge in [0.1, 0.15) is 5.60 Å². The summed E-state index contributed by atoms with van der Waals surface area (Å²) in [5.41, 5.74) is -0.478. The number of ether oxygens (including phenoxy) is 1. The zero-order valence-electron chi connectivity index (χ0n) is 19.1. The molecule has 0 bridgehead atoms. The van der Waals surface area contributed by atoms with Crippen LogP contribution < -0.4 is 15.5 Å². The van der Waals surface area contributed by atoms with Gasteiger partial charge in [-0.05, 0) is 64.5 Å². The molecule has 0 saturated carbocycles. The first-order valence-corrected chi connectivity index (χ1v) is 11.3. The van der Waals surface area contributed by atoms with Crippen molar-refractivity contribution in [3.05, 3.63) is 17.5 Å². The number of nitrogens with zero attached hydrogens (tertiary/aromatic N) is 3. The molecule has 1 saturated heterocycles. The van der Waals surface area contributed by atoms with Crippen molar-refractivity contribution in [2.45, 2.75) is 64.6 Å². The smallest absolute Gasteiger partial charge is 0.410 e. The number of aliphatic imine (C=N–C) groups is 1. The van der Waals surface area contributed by atoms with E-state index in [-0.39, 0.29) is 36.1 Å². The highest BCUT2D eigenvalue weighted by Gasteiger charge is 2.23. The maximum absolute atomic E-state index is 12.2. The van der Waals surface area contributed by atoms with Crippen molar-refractivity contribution in [3.8, 4) is 0 Å². The van der Waals surface area contributed by atoms with Crippen LogP contribution in [-0.2, 0) is 4.74 Å². The molecule has 1 fully saturated rings. The summed E-state index contributed by atoms with van der Waals surface area (Å²) >= 11 is 1.80. The Morgan fingerprint density at radius 2 is 2.07 bits per heavy atom. The number of nitrogens with one attached hydrogen (secondary N) is 2. The van der Waals surface area contributed by atoms with Gasteiger partial charge in [-0.15, -0.1) is 35.3 Å². The van der Waals surface area contributed by atoms with E-state index < -0.39 is 5.60 Å². The highest BCUT2D eigenvalue weighted by molar-refractivity contribution is 14.0. The predicted molar refractivity (Wildman–Crippen MR) is 138 cm³/mol. The Morgan fingerprint density at radius 1 is 1.40 bits per heavy atom. The number of amides is 1. The van der Waals surface area contributed by atoms with Crippen LogP contribution in [0.3, 0.4) is 0 Å².